The molecule has 100 valence electrons. The van der Waals surface area contributed by atoms with Crippen molar-refractivity contribution in [2.24, 2.45) is 0 Å². The van der Waals surface area contributed by atoms with Crippen LogP contribution in [0.2, 0.25) is 0 Å². The number of hydrogen-bond acceptors (Lipinski definition) is 1. The molecule has 0 unspecified atom stereocenters. The van der Waals surface area contributed by atoms with Gasteiger partial charge in [0, 0.05) is 6.42 Å². The lowest BCUT2D eigenvalue weighted by atomic mass is 10.0. The van der Waals surface area contributed by atoms with E-state index in [2.05, 4.69) is 0 Å². The quantitative estimate of drug-likeness (QED) is 0.536. The van der Waals surface area contributed by atoms with Crippen molar-refractivity contribution in [3.05, 3.63) is 0 Å². The summed E-state index contributed by atoms with van der Waals surface area (Å²) >= 11 is 0. The fourth-order valence-corrected chi connectivity index (χ4v) is 2.98. The summed E-state index contributed by atoms with van der Waals surface area (Å²) in [5.74, 6) is -1.22. The Hall–Kier alpha value is -0.110. The lowest BCUT2D eigenvalue weighted by Crippen LogP contribution is -2.07. The molecular weight excluding hydrogens is 215 g/mol. The molecule has 0 aromatic carbocycles. The van der Waals surface area contributed by atoms with Gasteiger partial charge in [-0.3, -0.25) is 0 Å². The molecule has 2 atom stereocenters. The van der Waals surface area contributed by atoms with Crippen molar-refractivity contribution in [1.29, 1.82) is 0 Å². The Morgan fingerprint density at radius 1 is 0.706 bits per heavy atom. The van der Waals surface area contributed by atoms with Gasteiger partial charge in [-0.05, 0) is 12.8 Å². The summed E-state index contributed by atoms with van der Waals surface area (Å²) < 4.78 is 19.2. The third-order valence-electron chi connectivity index (χ3n) is 4.25. The summed E-state index contributed by atoms with van der Waals surface area (Å²) in [6.45, 7) is 0. The van der Waals surface area contributed by atoms with E-state index in [4.69, 9.17) is 4.74 Å². The largest absolute Gasteiger partial charge is 0.334 e. The topological polar surface area (TPSA) is 12.5 Å². The average Bonchev–Trinajstić information content (AvgIpc) is 2.95. The van der Waals surface area contributed by atoms with E-state index in [-0.39, 0.29) is 6.10 Å². The SMILES string of the molecule is F[C@]12CCCCCCCCCCCCC[C@H]1O2. The van der Waals surface area contributed by atoms with Gasteiger partial charge >= 0.3 is 0 Å². The number of halogens is 1. The smallest absolute Gasteiger partial charge is 0.236 e. The van der Waals surface area contributed by atoms with Crippen molar-refractivity contribution in [2.75, 3.05) is 0 Å². The molecule has 1 aliphatic heterocycles. The molecule has 2 aliphatic rings. The second kappa shape index (κ2) is 6.72. The Bertz CT molecular complexity index is 219. The molecule has 1 aliphatic carbocycles. The van der Waals surface area contributed by atoms with Gasteiger partial charge in [0.15, 0.2) is 0 Å². The van der Waals surface area contributed by atoms with E-state index in [1.807, 2.05) is 0 Å². The normalized spacial score (nSPS) is 37.6. The van der Waals surface area contributed by atoms with Gasteiger partial charge in [0.1, 0.15) is 6.10 Å². The van der Waals surface area contributed by atoms with Crippen LogP contribution in [-0.2, 0) is 4.74 Å². The van der Waals surface area contributed by atoms with E-state index in [9.17, 15) is 4.39 Å². The Morgan fingerprint density at radius 2 is 1.18 bits per heavy atom. The Balaban J connectivity index is 1.68. The van der Waals surface area contributed by atoms with Gasteiger partial charge in [-0.2, -0.15) is 0 Å². The number of rotatable bonds is 0. The molecule has 1 heterocycles. The molecule has 2 fully saturated rings. The van der Waals surface area contributed by atoms with Gasteiger partial charge in [0.2, 0.25) is 5.85 Å². The molecule has 1 saturated carbocycles. The van der Waals surface area contributed by atoms with E-state index >= 15 is 0 Å². The number of alkyl halides is 1. The summed E-state index contributed by atoms with van der Waals surface area (Å²) in [6, 6.07) is 0. The summed E-state index contributed by atoms with van der Waals surface area (Å²) in [4.78, 5) is 0. The molecule has 0 N–H and O–H groups in total. The molecule has 0 aromatic heterocycles. The zero-order valence-electron chi connectivity index (χ0n) is 11.1. The van der Waals surface area contributed by atoms with Gasteiger partial charge in [0.25, 0.3) is 0 Å². The molecule has 2 heteroatoms. The van der Waals surface area contributed by atoms with E-state index in [0.29, 0.717) is 6.42 Å². The van der Waals surface area contributed by atoms with Crippen LogP contribution in [0.3, 0.4) is 0 Å². The second-order valence-corrected chi connectivity index (χ2v) is 5.82. The average molecular weight is 242 g/mol. The van der Waals surface area contributed by atoms with Gasteiger partial charge in [-0.25, -0.2) is 4.39 Å². The van der Waals surface area contributed by atoms with Crippen LogP contribution in [0.4, 0.5) is 4.39 Å². The molecule has 0 amide bonds. The van der Waals surface area contributed by atoms with Crippen LogP contribution in [0.15, 0.2) is 0 Å². The highest BCUT2D eigenvalue weighted by atomic mass is 19.2. The Kier molecular flexibility index (Phi) is 5.27. The first-order valence-corrected chi connectivity index (χ1v) is 7.68. The van der Waals surface area contributed by atoms with E-state index in [0.717, 1.165) is 19.3 Å². The van der Waals surface area contributed by atoms with Crippen LogP contribution >= 0.6 is 0 Å². The van der Waals surface area contributed by atoms with Crippen molar-refractivity contribution >= 4 is 0 Å². The zero-order chi connectivity index (χ0) is 12.0. The molecular formula is C15H27FO. The van der Waals surface area contributed by atoms with Crippen molar-refractivity contribution < 1.29 is 9.13 Å². The summed E-state index contributed by atoms with van der Waals surface area (Å²) in [6.07, 6.45) is 15.6. The molecule has 1 nitrogen and oxygen atoms in total. The molecule has 0 radical (unpaired) electrons. The maximum Gasteiger partial charge on any atom is 0.236 e. The third kappa shape index (κ3) is 4.57. The highest BCUT2D eigenvalue weighted by Gasteiger charge is 2.56. The number of ether oxygens (including phenoxy) is 1. The highest BCUT2D eigenvalue weighted by Crippen LogP contribution is 2.45. The first kappa shape index (κ1) is 13.3. The minimum atomic E-state index is -1.22. The van der Waals surface area contributed by atoms with Crippen LogP contribution in [-0.4, -0.2) is 12.0 Å². The van der Waals surface area contributed by atoms with Gasteiger partial charge < -0.3 is 4.74 Å². The molecule has 0 bridgehead atoms. The Morgan fingerprint density at radius 3 is 1.76 bits per heavy atom. The lowest BCUT2D eigenvalue weighted by Gasteiger charge is -2.03. The standard InChI is InChI=1S/C15H27FO/c16-15-13-11-9-7-5-3-1-2-4-6-8-10-12-14(15)17-15/h14H,1-13H2/t14-,15+/m1/s1. The summed E-state index contributed by atoms with van der Waals surface area (Å²) in [7, 11) is 0. The van der Waals surface area contributed by atoms with E-state index in [1.165, 1.54) is 57.8 Å². The van der Waals surface area contributed by atoms with Gasteiger partial charge in [-0.15, -0.1) is 0 Å². The predicted molar refractivity (Wildman–Crippen MR) is 68.7 cm³/mol. The number of epoxide rings is 1. The van der Waals surface area contributed by atoms with Crippen molar-refractivity contribution in [2.45, 2.75) is 95.4 Å². The first-order chi connectivity index (χ1) is 8.31. The van der Waals surface area contributed by atoms with E-state index < -0.39 is 5.85 Å². The summed E-state index contributed by atoms with van der Waals surface area (Å²) in [5.41, 5.74) is 0. The second-order valence-electron chi connectivity index (χ2n) is 5.82. The van der Waals surface area contributed by atoms with Crippen molar-refractivity contribution in [1.82, 2.24) is 0 Å². The molecule has 0 aromatic rings. The maximum atomic E-state index is 14.0. The van der Waals surface area contributed by atoms with Crippen LogP contribution in [0, 0.1) is 0 Å². The van der Waals surface area contributed by atoms with Crippen LogP contribution < -0.4 is 0 Å². The number of fused-ring (bicyclic) bond motifs is 1. The van der Waals surface area contributed by atoms with Gasteiger partial charge in [-0.1, -0.05) is 64.2 Å². The number of hydrogen-bond donors (Lipinski definition) is 0. The fraction of sp³-hybridized carbons (Fsp3) is 1.00. The van der Waals surface area contributed by atoms with Gasteiger partial charge in [0.05, 0.1) is 0 Å². The van der Waals surface area contributed by atoms with Crippen molar-refractivity contribution in [3.8, 4) is 0 Å². The van der Waals surface area contributed by atoms with Crippen LogP contribution in [0.5, 0.6) is 0 Å². The third-order valence-corrected chi connectivity index (χ3v) is 4.25. The van der Waals surface area contributed by atoms with Crippen molar-refractivity contribution in [3.63, 3.8) is 0 Å². The van der Waals surface area contributed by atoms with Crippen LogP contribution in [0.1, 0.15) is 83.5 Å². The molecule has 17 heavy (non-hydrogen) atoms. The summed E-state index contributed by atoms with van der Waals surface area (Å²) in [5, 5.41) is 0. The van der Waals surface area contributed by atoms with E-state index in [1.54, 1.807) is 0 Å². The minimum absolute atomic E-state index is 0.0624. The Labute approximate surface area is 105 Å². The molecule has 2 rings (SSSR count). The molecule has 1 saturated heterocycles. The highest BCUT2D eigenvalue weighted by molar-refractivity contribution is 4.93. The monoisotopic (exact) mass is 242 g/mol. The minimum Gasteiger partial charge on any atom is -0.334 e. The zero-order valence-corrected chi connectivity index (χ0v) is 11.1. The fourth-order valence-electron chi connectivity index (χ4n) is 2.98. The molecule has 0 spiro atoms. The predicted octanol–water partition coefficient (Wildman–Crippen LogP) is 5.14. The lowest BCUT2D eigenvalue weighted by molar-refractivity contribution is 0.126. The maximum absolute atomic E-state index is 14.0. The first-order valence-electron chi connectivity index (χ1n) is 7.68. The van der Waals surface area contributed by atoms with Crippen LogP contribution in [0.25, 0.3) is 0 Å².